The van der Waals surface area contributed by atoms with E-state index in [4.69, 9.17) is 4.74 Å². The molecule has 112 valence electrons. The first kappa shape index (κ1) is 15.5. The van der Waals surface area contributed by atoms with Crippen LogP contribution in [0.5, 0.6) is 5.75 Å². The SMILES string of the molecule is CCOc1ccc(C(CS(=O)C2CCCC2)NC)cc1. The number of rotatable bonds is 7. The van der Waals surface area contributed by atoms with Gasteiger partial charge in [0, 0.05) is 27.8 Å². The van der Waals surface area contributed by atoms with Crippen molar-refractivity contribution in [2.24, 2.45) is 0 Å². The lowest BCUT2D eigenvalue weighted by molar-refractivity contribution is 0.340. The van der Waals surface area contributed by atoms with Crippen molar-refractivity contribution in [2.75, 3.05) is 19.4 Å². The van der Waals surface area contributed by atoms with Crippen LogP contribution in [0.2, 0.25) is 0 Å². The monoisotopic (exact) mass is 295 g/mol. The van der Waals surface area contributed by atoms with Crippen LogP contribution in [0.1, 0.15) is 44.2 Å². The summed E-state index contributed by atoms with van der Waals surface area (Å²) in [6, 6.07) is 8.27. The van der Waals surface area contributed by atoms with Crippen LogP contribution in [0.3, 0.4) is 0 Å². The molecular formula is C16H25NO2S. The Balaban J connectivity index is 1.98. The lowest BCUT2D eigenvalue weighted by Gasteiger charge is -2.19. The zero-order valence-electron chi connectivity index (χ0n) is 12.4. The highest BCUT2D eigenvalue weighted by molar-refractivity contribution is 7.85. The largest absolute Gasteiger partial charge is 0.494 e. The van der Waals surface area contributed by atoms with E-state index in [9.17, 15) is 4.21 Å². The Labute approximate surface area is 124 Å². The lowest BCUT2D eigenvalue weighted by atomic mass is 10.1. The molecule has 0 aromatic heterocycles. The van der Waals surface area contributed by atoms with Gasteiger partial charge in [-0.3, -0.25) is 4.21 Å². The fourth-order valence-electron chi connectivity index (χ4n) is 2.76. The second-order valence-electron chi connectivity index (χ2n) is 5.30. The Hall–Kier alpha value is -0.870. The molecule has 20 heavy (non-hydrogen) atoms. The first-order valence-corrected chi connectivity index (χ1v) is 8.90. The van der Waals surface area contributed by atoms with Gasteiger partial charge >= 0.3 is 0 Å². The van der Waals surface area contributed by atoms with Crippen molar-refractivity contribution in [3.63, 3.8) is 0 Å². The summed E-state index contributed by atoms with van der Waals surface area (Å²) in [5.74, 6) is 1.60. The Morgan fingerprint density at radius 3 is 2.50 bits per heavy atom. The molecule has 0 amide bonds. The molecule has 1 aromatic rings. The standard InChI is InChI=1S/C16H25NO2S/c1-3-19-14-10-8-13(9-11-14)16(17-2)12-20(18)15-6-4-5-7-15/h8-11,15-17H,3-7,12H2,1-2H3. The van der Waals surface area contributed by atoms with Gasteiger partial charge in [0.25, 0.3) is 0 Å². The molecule has 1 saturated carbocycles. The van der Waals surface area contributed by atoms with Gasteiger partial charge in [0.15, 0.2) is 0 Å². The van der Waals surface area contributed by atoms with E-state index in [0.29, 0.717) is 17.6 Å². The molecule has 1 aromatic carbocycles. The third-order valence-electron chi connectivity index (χ3n) is 3.95. The molecular weight excluding hydrogens is 270 g/mol. The van der Waals surface area contributed by atoms with Gasteiger partial charge in [-0.1, -0.05) is 25.0 Å². The molecule has 1 aliphatic carbocycles. The molecule has 1 N–H and O–H groups in total. The highest BCUT2D eigenvalue weighted by Gasteiger charge is 2.24. The van der Waals surface area contributed by atoms with E-state index in [2.05, 4.69) is 17.4 Å². The summed E-state index contributed by atoms with van der Waals surface area (Å²) in [5.41, 5.74) is 1.18. The number of nitrogens with one attached hydrogen (secondary N) is 1. The van der Waals surface area contributed by atoms with Gasteiger partial charge < -0.3 is 10.1 Å². The first-order valence-electron chi connectivity index (χ1n) is 7.51. The molecule has 2 atom stereocenters. The number of hydrogen-bond acceptors (Lipinski definition) is 3. The van der Waals surface area contributed by atoms with Crippen molar-refractivity contribution in [3.05, 3.63) is 29.8 Å². The quantitative estimate of drug-likeness (QED) is 0.840. The van der Waals surface area contributed by atoms with Gasteiger partial charge in [-0.25, -0.2) is 0 Å². The fourth-order valence-corrected chi connectivity index (χ4v) is 4.58. The Bertz CT molecular complexity index is 427. The second-order valence-corrected chi connectivity index (χ2v) is 7.06. The summed E-state index contributed by atoms with van der Waals surface area (Å²) in [4.78, 5) is 0. The van der Waals surface area contributed by atoms with Crippen molar-refractivity contribution in [3.8, 4) is 5.75 Å². The maximum atomic E-state index is 12.4. The van der Waals surface area contributed by atoms with Crippen LogP contribution in [0, 0.1) is 0 Å². The van der Waals surface area contributed by atoms with Gasteiger partial charge in [-0.2, -0.15) is 0 Å². The summed E-state index contributed by atoms with van der Waals surface area (Å²) in [7, 11) is 1.21. The highest BCUT2D eigenvalue weighted by Crippen LogP contribution is 2.26. The number of benzene rings is 1. The predicted molar refractivity (Wildman–Crippen MR) is 84.7 cm³/mol. The molecule has 0 heterocycles. The number of hydrogen-bond donors (Lipinski definition) is 1. The summed E-state index contributed by atoms with van der Waals surface area (Å²) in [5, 5.41) is 3.70. The Kier molecular flexibility index (Phi) is 6.05. The van der Waals surface area contributed by atoms with E-state index in [0.717, 1.165) is 18.6 Å². The molecule has 0 radical (unpaired) electrons. The van der Waals surface area contributed by atoms with Gasteiger partial charge in [-0.15, -0.1) is 0 Å². The van der Waals surface area contributed by atoms with Crippen LogP contribution in [0.15, 0.2) is 24.3 Å². The summed E-state index contributed by atoms with van der Waals surface area (Å²) < 4.78 is 17.9. The van der Waals surface area contributed by atoms with Crippen molar-refractivity contribution in [1.82, 2.24) is 5.32 Å². The summed E-state index contributed by atoms with van der Waals surface area (Å²) in [6.07, 6.45) is 4.74. The second kappa shape index (κ2) is 7.79. The molecule has 4 heteroatoms. The average Bonchev–Trinajstić information content (AvgIpc) is 3.00. The Morgan fingerprint density at radius 2 is 1.95 bits per heavy atom. The minimum atomic E-state index is -0.728. The average molecular weight is 295 g/mol. The lowest BCUT2D eigenvalue weighted by Crippen LogP contribution is -2.26. The third-order valence-corrected chi connectivity index (χ3v) is 5.82. The zero-order chi connectivity index (χ0) is 14.4. The van der Waals surface area contributed by atoms with E-state index in [1.807, 2.05) is 26.1 Å². The van der Waals surface area contributed by atoms with E-state index >= 15 is 0 Å². The normalized spacial score (nSPS) is 18.9. The van der Waals surface area contributed by atoms with E-state index < -0.39 is 10.8 Å². The molecule has 0 bridgehead atoms. The highest BCUT2D eigenvalue weighted by atomic mass is 32.2. The first-order chi connectivity index (χ1) is 9.74. The molecule has 1 aliphatic rings. The maximum absolute atomic E-state index is 12.4. The van der Waals surface area contributed by atoms with Gasteiger partial charge in [0.2, 0.25) is 0 Å². The zero-order valence-corrected chi connectivity index (χ0v) is 13.2. The van der Waals surface area contributed by atoms with Crippen LogP contribution in [0.25, 0.3) is 0 Å². The van der Waals surface area contributed by atoms with E-state index in [-0.39, 0.29) is 6.04 Å². The fraction of sp³-hybridized carbons (Fsp3) is 0.625. The molecule has 0 aliphatic heterocycles. The van der Waals surface area contributed by atoms with Crippen LogP contribution in [-0.4, -0.2) is 28.9 Å². The molecule has 0 spiro atoms. The van der Waals surface area contributed by atoms with Crippen LogP contribution in [-0.2, 0) is 10.8 Å². The summed E-state index contributed by atoms with van der Waals surface area (Å²) in [6.45, 7) is 2.66. The molecule has 3 nitrogen and oxygen atoms in total. The maximum Gasteiger partial charge on any atom is 0.119 e. The minimum Gasteiger partial charge on any atom is -0.494 e. The molecule has 2 rings (SSSR count). The van der Waals surface area contributed by atoms with Crippen molar-refractivity contribution in [2.45, 2.75) is 43.9 Å². The van der Waals surface area contributed by atoms with E-state index in [1.54, 1.807) is 0 Å². The van der Waals surface area contributed by atoms with Crippen molar-refractivity contribution >= 4 is 10.8 Å². The number of ether oxygens (including phenoxy) is 1. The van der Waals surface area contributed by atoms with Gasteiger partial charge in [0.05, 0.1) is 6.61 Å². The van der Waals surface area contributed by atoms with Gasteiger partial charge in [0.1, 0.15) is 5.75 Å². The Morgan fingerprint density at radius 1 is 1.30 bits per heavy atom. The predicted octanol–water partition coefficient (Wildman–Crippen LogP) is 3.04. The minimum absolute atomic E-state index is 0.159. The van der Waals surface area contributed by atoms with Crippen LogP contribution >= 0.6 is 0 Å². The smallest absolute Gasteiger partial charge is 0.119 e. The van der Waals surface area contributed by atoms with Crippen LogP contribution < -0.4 is 10.1 Å². The summed E-state index contributed by atoms with van der Waals surface area (Å²) >= 11 is 0. The molecule has 1 fully saturated rings. The third kappa shape index (κ3) is 4.06. The topological polar surface area (TPSA) is 38.3 Å². The van der Waals surface area contributed by atoms with E-state index in [1.165, 1.54) is 18.4 Å². The van der Waals surface area contributed by atoms with Crippen LogP contribution in [0.4, 0.5) is 0 Å². The van der Waals surface area contributed by atoms with Crippen molar-refractivity contribution < 1.29 is 8.95 Å². The van der Waals surface area contributed by atoms with Gasteiger partial charge in [-0.05, 0) is 44.5 Å². The van der Waals surface area contributed by atoms with Crippen molar-refractivity contribution in [1.29, 1.82) is 0 Å². The molecule has 0 saturated heterocycles. The molecule has 2 unspecified atom stereocenters.